The maximum absolute atomic E-state index is 12.8. The predicted molar refractivity (Wildman–Crippen MR) is 123 cm³/mol. The van der Waals surface area contributed by atoms with Crippen molar-refractivity contribution in [3.05, 3.63) is 84.5 Å². The molecule has 1 aromatic heterocycles. The summed E-state index contributed by atoms with van der Waals surface area (Å²) in [6, 6.07) is 11.4. The topological polar surface area (TPSA) is 105 Å². The second kappa shape index (κ2) is 9.71. The molecule has 9 heteroatoms. The van der Waals surface area contributed by atoms with Gasteiger partial charge in [0.05, 0.1) is 4.90 Å². The van der Waals surface area contributed by atoms with Gasteiger partial charge in [0.15, 0.2) is 0 Å². The molecule has 1 amide bonds. The molecule has 0 bridgehead atoms. The number of rotatable bonds is 9. The fourth-order valence-electron chi connectivity index (χ4n) is 3.14. The van der Waals surface area contributed by atoms with Crippen LogP contribution >= 0.6 is 0 Å². The molecule has 3 aromatic rings. The summed E-state index contributed by atoms with van der Waals surface area (Å²) in [5.41, 5.74) is 3.11. The summed E-state index contributed by atoms with van der Waals surface area (Å²) in [5.74, 6) is -0.211. The Hall–Kier alpha value is -3.56. The minimum atomic E-state index is -3.74. The molecule has 0 aliphatic rings. The van der Waals surface area contributed by atoms with Crippen LogP contribution in [0.1, 0.15) is 21.5 Å². The average Bonchev–Trinajstić information content (AvgIpc) is 3.21. The van der Waals surface area contributed by atoms with Crippen molar-refractivity contribution in [3.8, 4) is 11.5 Å². The molecule has 0 saturated carbocycles. The van der Waals surface area contributed by atoms with Crippen molar-refractivity contribution in [2.24, 2.45) is 0 Å². The minimum Gasteiger partial charge on any atom is -0.403 e. The average molecular weight is 453 g/mol. The van der Waals surface area contributed by atoms with Gasteiger partial charge in [-0.25, -0.2) is 8.42 Å². The van der Waals surface area contributed by atoms with Gasteiger partial charge in [-0.1, -0.05) is 34.4 Å². The number of aryl methyl sites for hydroxylation is 2. The zero-order valence-electron chi connectivity index (χ0n) is 17.9. The van der Waals surface area contributed by atoms with Gasteiger partial charge < -0.3 is 4.42 Å². The van der Waals surface area contributed by atoms with Gasteiger partial charge in [0.1, 0.15) is 0 Å². The zero-order chi connectivity index (χ0) is 23.3. The van der Waals surface area contributed by atoms with E-state index < -0.39 is 15.9 Å². The molecule has 0 radical (unpaired) electrons. The molecule has 32 heavy (non-hydrogen) atoms. The Balaban J connectivity index is 1.75. The fraction of sp³-hybridized carbons (Fsp3) is 0.174. The van der Waals surface area contributed by atoms with E-state index in [0.717, 1.165) is 16.7 Å². The van der Waals surface area contributed by atoms with E-state index in [1.807, 2.05) is 32.0 Å². The van der Waals surface area contributed by atoms with Gasteiger partial charge in [-0.15, -0.1) is 18.3 Å². The maximum Gasteiger partial charge on any atom is 0.322 e. The molecule has 8 nitrogen and oxygen atoms in total. The molecule has 1 heterocycles. The van der Waals surface area contributed by atoms with Crippen LogP contribution in [0.3, 0.4) is 0 Å². The van der Waals surface area contributed by atoms with E-state index in [-0.39, 0.29) is 35.5 Å². The first-order valence-corrected chi connectivity index (χ1v) is 11.2. The van der Waals surface area contributed by atoms with Crippen LogP contribution in [0.25, 0.3) is 11.5 Å². The van der Waals surface area contributed by atoms with Crippen molar-refractivity contribution >= 4 is 21.9 Å². The normalized spacial score (nSPS) is 11.3. The van der Waals surface area contributed by atoms with Crippen LogP contribution in [0.5, 0.6) is 0 Å². The van der Waals surface area contributed by atoms with Crippen molar-refractivity contribution in [2.45, 2.75) is 18.7 Å². The molecule has 166 valence electrons. The first-order chi connectivity index (χ1) is 15.2. The van der Waals surface area contributed by atoms with Crippen LogP contribution in [0.2, 0.25) is 0 Å². The first-order valence-electron chi connectivity index (χ1n) is 9.80. The monoisotopic (exact) mass is 452 g/mol. The van der Waals surface area contributed by atoms with Gasteiger partial charge in [0, 0.05) is 24.2 Å². The predicted octanol–water partition coefficient (Wildman–Crippen LogP) is 3.97. The third-order valence-corrected chi connectivity index (χ3v) is 6.38. The van der Waals surface area contributed by atoms with E-state index in [9.17, 15) is 13.2 Å². The molecule has 1 N–H and O–H groups in total. The Morgan fingerprint density at radius 1 is 1.03 bits per heavy atom. The number of carbonyl (C=O) groups is 1. The number of aromatic nitrogens is 2. The van der Waals surface area contributed by atoms with E-state index in [2.05, 4.69) is 28.7 Å². The van der Waals surface area contributed by atoms with Gasteiger partial charge in [0.25, 0.3) is 5.91 Å². The van der Waals surface area contributed by atoms with E-state index in [4.69, 9.17) is 4.42 Å². The van der Waals surface area contributed by atoms with Crippen LogP contribution in [-0.2, 0) is 10.0 Å². The number of carbonyl (C=O) groups excluding carboxylic acids is 1. The highest BCUT2D eigenvalue weighted by Gasteiger charge is 2.23. The number of nitrogens with one attached hydrogen (secondary N) is 1. The number of benzene rings is 2. The van der Waals surface area contributed by atoms with E-state index in [0.29, 0.717) is 0 Å². The number of anilines is 1. The Bertz CT molecular complexity index is 1220. The van der Waals surface area contributed by atoms with Crippen LogP contribution in [0.4, 0.5) is 6.01 Å². The highest BCUT2D eigenvalue weighted by atomic mass is 32.2. The number of hydrogen-bond donors (Lipinski definition) is 1. The summed E-state index contributed by atoms with van der Waals surface area (Å²) >= 11 is 0. The van der Waals surface area contributed by atoms with Crippen molar-refractivity contribution in [1.82, 2.24) is 14.5 Å². The third-order valence-electron chi connectivity index (χ3n) is 4.53. The van der Waals surface area contributed by atoms with E-state index >= 15 is 0 Å². The van der Waals surface area contributed by atoms with Crippen LogP contribution in [0, 0.1) is 13.8 Å². The second-order valence-electron chi connectivity index (χ2n) is 7.17. The molecule has 0 unspecified atom stereocenters. The lowest BCUT2D eigenvalue weighted by molar-refractivity contribution is 0.102. The molecule has 0 saturated heterocycles. The molecule has 0 spiro atoms. The minimum absolute atomic E-state index is 0.0519. The lowest BCUT2D eigenvalue weighted by Crippen LogP contribution is -2.31. The van der Waals surface area contributed by atoms with Gasteiger partial charge in [-0.05, 0) is 50.2 Å². The summed E-state index contributed by atoms with van der Waals surface area (Å²) in [6.45, 7) is 11.4. The zero-order valence-corrected chi connectivity index (χ0v) is 18.7. The Labute approximate surface area is 187 Å². The highest BCUT2D eigenvalue weighted by molar-refractivity contribution is 7.89. The van der Waals surface area contributed by atoms with Crippen molar-refractivity contribution in [1.29, 1.82) is 0 Å². The molecular weight excluding hydrogens is 428 g/mol. The summed E-state index contributed by atoms with van der Waals surface area (Å²) < 4.78 is 32.3. The number of nitrogens with zero attached hydrogens (tertiary/aromatic N) is 3. The lowest BCUT2D eigenvalue weighted by atomic mass is 10.1. The molecule has 0 atom stereocenters. The van der Waals surface area contributed by atoms with Crippen LogP contribution in [-0.4, -0.2) is 41.9 Å². The standard InChI is InChI=1S/C23H24N4O4S/c1-5-11-27(12-6-2)32(29,30)20-9-7-18(8-10-20)21(28)24-23-26-25-22(31-23)19-14-16(3)13-17(4)15-19/h5-10,13-15H,1-2,11-12H2,3-4H3,(H,24,26,28). The van der Waals surface area contributed by atoms with Crippen molar-refractivity contribution in [3.63, 3.8) is 0 Å². The van der Waals surface area contributed by atoms with E-state index in [1.54, 1.807) is 0 Å². The van der Waals surface area contributed by atoms with Gasteiger partial charge in [0.2, 0.25) is 15.9 Å². The molecule has 2 aromatic carbocycles. The molecular formula is C23H24N4O4S. The Kier molecular flexibility index (Phi) is 7.01. The largest absolute Gasteiger partial charge is 0.403 e. The molecule has 3 rings (SSSR count). The van der Waals surface area contributed by atoms with Crippen molar-refractivity contribution < 1.29 is 17.6 Å². The number of amides is 1. The quantitative estimate of drug-likeness (QED) is 0.493. The molecule has 0 fully saturated rings. The summed E-state index contributed by atoms with van der Waals surface area (Å²) in [5, 5.41) is 10.4. The van der Waals surface area contributed by atoms with Crippen LogP contribution in [0.15, 0.2) is 77.1 Å². The van der Waals surface area contributed by atoms with E-state index in [1.165, 1.54) is 40.7 Å². The summed E-state index contributed by atoms with van der Waals surface area (Å²) in [7, 11) is -3.74. The second-order valence-corrected chi connectivity index (χ2v) is 9.10. The summed E-state index contributed by atoms with van der Waals surface area (Å²) in [6.07, 6.45) is 3.00. The number of hydrogen-bond acceptors (Lipinski definition) is 6. The molecule has 0 aliphatic carbocycles. The van der Waals surface area contributed by atoms with Gasteiger partial charge in [-0.3, -0.25) is 10.1 Å². The smallest absolute Gasteiger partial charge is 0.322 e. The SMILES string of the molecule is C=CCN(CC=C)S(=O)(=O)c1ccc(C(=O)Nc2nnc(-c3cc(C)cc(C)c3)o2)cc1. The molecule has 0 aliphatic heterocycles. The lowest BCUT2D eigenvalue weighted by Gasteiger charge is -2.19. The van der Waals surface area contributed by atoms with Crippen LogP contribution < -0.4 is 5.32 Å². The highest BCUT2D eigenvalue weighted by Crippen LogP contribution is 2.23. The van der Waals surface area contributed by atoms with Gasteiger partial charge in [-0.2, -0.15) is 4.31 Å². The first kappa shape index (κ1) is 23.1. The number of sulfonamides is 1. The maximum atomic E-state index is 12.8. The van der Waals surface area contributed by atoms with Crippen molar-refractivity contribution in [2.75, 3.05) is 18.4 Å². The third kappa shape index (κ3) is 5.19. The fourth-order valence-corrected chi connectivity index (χ4v) is 4.53. The Morgan fingerprint density at radius 3 is 2.19 bits per heavy atom. The summed E-state index contributed by atoms with van der Waals surface area (Å²) in [4.78, 5) is 12.6. The van der Waals surface area contributed by atoms with Gasteiger partial charge >= 0.3 is 6.01 Å². The Morgan fingerprint density at radius 2 is 1.62 bits per heavy atom.